The summed E-state index contributed by atoms with van der Waals surface area (Å²) in [6, 6.07) is 1.97. The third kappa shape index (κ3) is 2.77. The summed E-state index contributed by atoms with van der Waals surface area (Å²) in [5.41, 5.74) is 0.250. The first-order valence-electron chi connectivity index (χ1n) is 5.36. The van der Waals surface area contributed by atoms with Crippen LogP contribution in [0, 0.1) is 15.9 Å². The van der Waals surface area contributed by atoms with Crippen molar-refractivity contribution in [2.45, 2.75) is 16.7 Å². The van der Waals surface area contributed by atoms with E-state index >= 15 is 0 Å². The van der Waals surface area contributed by atoms with Crippen LogP contribution in [0.1, 0.15) is 5.69 Å². The van der Waals surface area contributed by atoms with Gasteiger partial charge in [0.15, 0.2) is 5.16 Å². The third-order valence-electron chi connectivity index (χ3n) is 2.60. The minimum Gasteiger partial charge on any atom is -0.390 e. The summed E-state index contributed by atoms with van der Waals surface area (Å²) in [7, 11) is 1.65. The van der Waals surface area contributed by atoms with E-state index in [2.05, 4.69) is 4.98 Å². The number of nitro groups is 1. The van der Waals surface area contributed by atoms with Gasteiger partial charge in [0.25, 0.3) is 5.69 Å². The number of aliphatic hydroxyl groups is 1. The quantitative estimate of drug-likeness (QED) is 0.692. The van der Waals surface area contributed by atoms with Gasteiger partial charge < -0.3 is 9.67 Å². The highest BCUT2D eigenvalue weighted by molar-refractivity contribution is 7.99. The standard InChI is InChI=1S/C11H9ClFN3O3S/c1-15-6(5-17)4-14-11(15)20-10-3-8(13)7(12)2-9(10)16(18)19/h2-4,17H,5H2,1H3. The second-order valence-corrected chi connectivity index (χ2v) is 5.26. The number of rotatable bonds is 4. The SMILES string of the molecule is Cn1c(CO)cnc1Sc1cc(F)c(Cl)cc1[N+](=O)[O-]. The van der Waals surface area contributed by atoms with Gasteiger partial charge in [-0.3, -0.25) is 10.1 Å². The van der Waals surface area contributed by atoms with Crippen molar-refractivity contribution in [1.82, 2.24) is 9.55 Å². The molecule has 0 saturated carbocycles. The van der Waals surface area contributed by atoms with E-state index in [1.54, 1.807) is 11.6 Å². The zero-order valence-electron chi connectivity index (χ0n) is 10.2. The van der Waals surface area contributed by atoms with Gasteiger partial charge >= 0.3 is 0 Å². The van der Waals surface area contributed by atoms with E-state index in [0.29, 0.717) is 10.9 Å². The Bertz CT molecular complexity index is 677. The zero-order valence-corrected chi connectivity index (χ0v) is 11.8. The second kappa shape index (κ2) is 5.78. The number of benzene rings is 1. The van der Waals surface area contributed by atoms with Crippen LogP contribution >= 0.6 is 23.4 Å². The van der Waals surface area contributed by atoms with Gasteiger partial charge in [-0.05, 0) is 17.8 Å². The van der Waals surface area contributed by atoms with E-state index < -0.39 is 10.7 Å². The molecule has 1 aromatic carbocycles. The minimum absolute atomic E-state index is 0.0927. The minimum atomic E-state index is -0.739. The summed E-state index contributed by atoms with van der Waals surface area (Å²) >= 11 is 6.48. The molecule has 2 aromatic rings. The lowest BCUT2D eigenvalue weighted by molar-refractivity contribution is -0.387. The first-order valence-corrected chi connectivity index (χ1v) is 6.56. The van der Waals surface area contributed by atoms with Crippen molar-refractivity contribution in [3.63, 3.8) is 0 Å². The molecule has 0 amide bonds. The largest absolute Gasteiger partial charge is 0.390 e. The second-order valence-electron chi connectivity index (χ2n) is 3.84. The smallest absolute Gasteiger partial charge is 0.285 e. The molecule has 0 atom stereocenters. The molecule has 2 rings (SSSR count). The van der Waals surface area contributed by atoms with Crippen LogP contribution < -0.4 is 0 Å². The molecule has 20 heavy (non-hydrogen) atoms. The van der Waals surface area contributed by atoms with E-state index in [1.165, 1.54) is 6.20 Å². The topological polar surface area (TPSA) is 81.2 Å². The molecule has 0 saturated heterocycles. The summed E-state index contributed by atoms with van der Waals surface area (Å²) < 4.78 is 15.0. The number of nitro benzene ring substituents is 1. The first-order chi connectivity index (χ1) is 9.43. The summed E-state index contributed by atoms with van der Waals surface area (Å²) in [5.74, 6) is -0.739. The van der Waals surface area contributed by atoms with Crippen molar-refractivity contribution in [2.75, 3.05) is 0 Å². The number of halogens is 2. The fourth-order valence-corrected chi connectivity index (χ4v) is 2.62. The molecule has 106 valence electrons. The fraction of sp³-hybridized carbons (Fsp3) is 0.182. The number of aromatic nitrogens is 2. The molecule has 9 heteroatoms. The Labute approximate surface area is 122 Å². The van der Waals surface area contributed by atoms with Crippen molar-refractivity contribution < 1.29 is 14.4 Å². The Morgan fingerprint density at radius 1 is 1.60 bits per heavy atom. The van der Waals surface area contributed by atoms with Gasteiger partial charge in [-0.2, -0.15) is 0 Å². The van der Waals surface area contributed by atoms with Crippen molar-refractivity contribution in [2.24, 2.45) is 7.05 Å². The van der Waals surface area contributed by atoms with Gasteiger partial charge in [0.1, 0.15) is 5.82 Å². The van der Waals surface area contributed by atoms with E-state index in [9.17, 15) is 14.5 Å². The van der Waals surface area contributed by atoms with E-state index in [-0.39, 0.29) is 22.2 Å². The van der Waals surface area contributed by atoms with Crippen LogP contribution in [0.25, 0.3) is 0 Å². The molecule has 0 aliphatic heterocycles. The lowest BCUT2D eigenvalue weighted by atomic mass is 10.3. The van der Waals surface area contributed by atoms with Gasteiger partial charge in [0.2, 0.25) is 0 Å². The molecule has 6 nitrogen and oxygen atoms in total. The maximum Gasteiger partial charge on any atom is 0.285 e. The van der Waals surface area contributed by atoms with Crippen molar-refractivity contribution >= 4 is 29.1 Å². The van der Waals surface area contributed by atoms with Crippen LogP contribution in [0.5, 0.6) is 0 Å². The Kier molecular flexibility index (Phi) is 4.26. The highest BCUT2D eigenvalue weighted by Gasteiger charge is 2.20. The number of hydrogen-bond donors (Lipinski definition) is 1. The molecule has 0 aliphatic carbocycles. The van der Waals surface area contributed by atoms with Gasteiger partial charge in [-0.25, -0.2) is 9.37 Å². The maximum absolute atomic E-state index is 13.5. The number of hydrogen-bond acceptors (Lipinski definition) is 5. The van der Waals surface area contributed by atoms with Crippen LogP contribution in [0.2, 0.25) is 5.02 Å². The predicted molar refractivity (Wildman–Crippen MR) is 71.3 cm³/mol. The van der Waals surface area contributed by atoms with Crippen molar-refractivity contribution in [1.29, 1.82) is 0 Å². The fourth-order valence-electron chi connectivity index (χ4n) is 1.51. The predicted octanol–water partition coefficient (Wildman–Crippen LogP) is 2.76. The molecular weight excluding hydrogens is 309 g/mol. The highest BCUT2D eigenvalue weighted by Crippen LogP contribution is 2.37. The van der Waals surface area contributed by atoms with Crippen molar-refractivity contribution in [3.8, 4) is 0 Å². The molecule has 1 N–H and O–H groups in total. The highest BCUT2D eigenvalue weighted by atomic mass is 35.5. The molecule has 0 spiro atoms. The van der Waals surface area contributed by atoms with Crippen LogP contribution in [-0.2, 0) is 13.7 Å². The maximum atomic E-state index is 13.5. The summed E-state index contributed by atoms with van der Waals surface area (Å²) in [6.07, 6.45) is 1.44. The average Bonchev–Trinajstić information content (AvgIpc) is 2.74. The molecule has 0 radical (unpaired) electrons. The normalized spacial score (nSPS) is 10.8. The summed E-state index contributed by atoms with van der Waals surface area (Å²) in [4.78, 5) is 14.4. The van der Waals surface area contributed by atoms with Gasteiger partial charge in [0.05, 0.1) is 33.3 Å². The Balaban J connectivity index is 2.44. The molecule has 0 fully saturated rings. The Morgan fingerprint density at radius 2 is 2.30 bits per heavy atom. The summed E-state index contributed by atoms with van der Waals surface area (Å²) in [5, 5.41) is 20.1. The number of imidazole rings is 1. The molecule has 0 bridgehead atoms. The van der Waals surface area contributed by atoms with Crippen molar-refractivity contribution in [3.05, 3.63) is 45.0 Å². The molecular formula is C11H9ClFN3O3S. The van der Waals surface area contributed by atoms with Gasteiger partial charge in [-0.1, -0.05) is 11.6 Å². The van der Waals surface area contributed by atoms with E-state index in [0.717, 1.165) is 23.9 Å². The Morgan fingerprint density at radius 3 is 2.85 bits per heavy atom. The van der Waals surface area contributed by atoms with Gasteiger partial charge in [-0.15, -0.1) is 0 Å². The van der Waals surface area contributed by atoms with Gasteiger partial charge in [0, 0.05) is 13.1 Å². The number of aliphatic hydroxyl groups excluding tert-OH is 1. The molecule has 1 heterocycles. The van der Waals surface area contributed by atoms with Crippen LogP contribution in [0.15, 0.2) is 28.4 Å². The molecule has 0 aliphatic rings. The average molecular weight is 318 g/mol. The lowest BCUT2D eigenvalue weighted by Crippen LogP contribution is -1.98. The van der Waals surface area contributed by atoms with E-state index in [1.807, 2.05) is 0 Å². The number of nitrogens with zero attached hydrogens (tertiary/aromatic N) is 3. The summed E-state index contributed by atoms with van der Waals surface area (Å²) in [6.45, 7) is -0.207. The van der Waals surface area contributed by atoms with E-state index in [4.69, 9.17) is 16.7 Å². The van der Waals surface area contributed by atoms with Crippen LogP contribution in [0.4, 0.5) is 10.1 Å². The molecule has 1 aromatic heterocycles. The lowest BCUT2D eigenvalue weighted by Gasteiger charge is -2.05. The Hall–Kier alpha value is -1.64. The molecule has 0 unspecified atom stereocenters. The van der Waals surface area contributed by atoms with Crippen LogP contribution in [-0.4, -0.2) is 19.6 Å². The van der Waals surface area contributed by atoms with Crippen LogP contribution in [0.3, 0.4) is 0 Å². The monoisotopic (exact) mass is 317 g/mol. The first kappa shape index (κ1) is 14.8. The third-order valence-corrected chi connectivity index (χ3v) is 4.00. The zero-order chi connectivity index (χ0) is 14.9.